The number of aromatic nitrogens is 4. The van der Waals surface area contributed by atoms with Gasteiger partial charge in [-0.3, -0.25) is 14.3 Å². The van der Waals surface area contributed by atoms with Crippen molar-refractivity contribution in [1.29, 1.82) is 0 Å². The van der Waals surface area contributed by atoms with Crippen molar-refractivity contribution in [2.24, 2.45) is 7.05 Å². The molecule has 0 fully saturated rings. The van der Waals surface area contributed by atoms with E-state index in [-0.39, 0.29) is 0 Å². The average molecular weight is 369 g/mol. The molecule has 25 heavy (non-hydrogen) atoms. The highest BCUT2D eigenvalue weighted by molar-refractivity contribution is 6.29. The molecule has 0 saturated carbocycles. The summed E-state index contributed by atoms with van der Waals surface area (Å²) in [7, 11) is 1.58. The number of nitrogens with zero attached hydrogens (tertiary/aromatic N) is 4. The van der Waals surface area contributed by atoms with Crippen molar-refractivity contribution < 1.29 is 0 Å². The van der Waals surface area contributed by atoms with Crippen LogP contribution < -0.4 is 16.6 Å². The Bertz CT molecular complexity index is 871. The minimum absolute atomic E-state index is 0.347. The third kappa shape index (κ3) is 4.32. The number of imidazole rings is 1. The summed E-state index contributed by atoms with van der Waals surface area (Å²) in [6.45, 7) is 9.86. The molecule has 0 aliphatic heterocycles. The zero-order valence-corrected chi connectivity index (χ0v) is 15.9. The Morgan fingerprint density at radius 1 is 1.36 bits per heavy atom. The molecule has 0 unspecified atom stereocenters. The number of rotatable bonds is 8. The van der Waals surface area contributed by atoms with Crippen molar-refractivity contribution in [2.45, 2.75) is 27.3 Å². The third-order valence-corrected chi connectivity index (χ3v) is 4.32. The Hall–Kier alpha value is -2.06. The summed E-state index contributed by atoms with van der Waals surface area (Å²) in [6.07, 6.45) is 1.79. The molecule has 0 radical (unpaired) electrons. The van der Waals surface area contributed by atoms with Crippen LogP contribution in [0.1, 0.15) is 20.8 Å². The summed E-state index contributed by atoms with van der Waals surface area (Å²) in [5.74, 6) is 0.544. The largest absolute Gasteiger partial charge is 0.354 e. The maximum Gasteiger partial charge on any atom is 0.329 e. The lowest BCUT2D eigenvalue weighted by Gasteiger charge is -2.18. The van der Waals surface area contributed by atoms with Crippen LogP contribution in [0.25, 0.3) is 11.2 Å². The van der Waals surface area contributed by atoms with Gasteiger partial charge in [0.25, 0.3) is 5.56 Å². The Kier molecular flexibility index (Phi) is 6.44. The van der Waals surface area contributed by atoms with Crippen molar-refractivity contribution in [2.75, 3.05) is 31.5 Å². The van der Waals surface area contributed by atoms with E-state index in [9.17, 15) is 9.59 Å². The minimum atomic E-state index is -0.485. The Balaban J connectivity index is 2.43. The fourth-order valence-electron chi connectivity index (χ4n) is 2.63. The van der Waals surface area contributed by atoms with Crippen molar-refractivity contribution in [3.8, 4) is 0 Å². The smallest absolute Gasteiger partial charge is 0.329 e. The van der Waals surface area contributed by atoms with Crippen LogP contribution in [0.4, 0.5) is 5.95 Å². The number of halogens is 1. The highest BCUT2D eigenvalue weighted by atomic mass is 35.5. The first-order valence-corrected chi connectivity index (χ1v) is 8.74. The van der Waals surface area contributed by atoms with Gasteiger partial charge < -0.3 is 14.8 Å². The van der Waals surface area contributed by atoms with Gasteiger partial charge in [-0.15, -0.1) is 0 Å². The predicted molar refractivity (Wildman–Crippen MR) is 101 cm³/mol. The van der Waals surface area contributed by atoms with Crippen LogP contribution in [0.3, 0.4) is 0 Å². The molecule has 138 valence electrons. The average Bonchev–Trinajstić information content (AvgIpc) is 2.94. The van der Waals surface area contributed by atoms with Gasteiger partial charge in [-0.1, -0.05) is 31.5 Å². The molecule has 0 aromatic carbocycles. The lowest BCUT2D eigenvalue weighted by atomic mass is 10.4. The molecule has 2 rings (SSSR count). The van der Waals surface area contributed by atoms with Crippen molar-refractivity contribution in [3.05, 3.63) is 31.9 Å². The maximum absolute atomic E-state index is 12.3. The van der Waals surface area contributed by atoms with Gasteiger partial charge in [0.15, 0.2) is 11.2 Å². The molecule has 0 spiro atoms. The van der Waals surface area contributed by atoms with Crippen LogP contribution in [0.5, 0.6) is 0 Å². The predicted octanol–water partition coefficient (Wildman–Crippen LogP) is 1.32. The van der Waals surface area contributed by atoms with Crippen LogP contribution in [0.2, 0.25) is 0 Å². The van der Waals surface area contributed by atoms with E-state index in [1.54, 1.807) is 24.6 Å². The van der Waals surface area contributed by atoms with E-state index in [0.29, 0.717) is 35.2 Å². The van der Waals surface area contributed by atoms with Gasteiger partial charge in [0.05, 0.1) is 0 Å². The summed E-state index contributed by atoms with van der Waals surface area (Å²) in [4.78, 5) is 33.2. The highest BCUT2D eigenvalue weighted by Gasteiger charge is 2.16. The number of anilines is 1. The summed E-state index contributed by atoms with van der Waals surface area (Å²) < 4.78 is 3.07. The summed E-state index contributed by atoms with van der Waals surface area (Å²) in [5.41, 5.74) is -0.245. The molecule has 0 saturated heterocycles. The lowest BCUT2D eigenvalue weighted by Crippen LogP contribution is -2.29. The molecule has 0 aliphatic rings. The Morgan fingerprint density at radius 3 is 2.64 bits per heavy atom. The second-order valence-electron chi connectivity index (χ2n) is 5.78. The van der Waals surface area contributed by atoms with Crippen LogP contribution in [0.15, 0.2) is 20.7 Å². The minimum Gasteiger partial charge on any atom is -0.354 e. The number of fused-ring (bicyclic) bond motifs is 1. The topological polar surface area (TPSA) is 88.0 Å². The van der Waals surface area contributed by atoms with Crippen molar-refractivity contribution in [3.63, 3.8) is 0 Å². The molecule has 0 atom stereocenters. The van der Waals surface area contributed by atoms with Gasteiger partial charge in [-0.25, -0.2) is 4.79 Å². The number of hydrogen-bond acceptors (Lipinski definition) is 5. The number of allylic oxidation sites excluding steroid dienone is 2. The first kappa shape index (κ1) is 19.3. The van der Waals surface area contributed by atoms with Gasteiger partial charge in [0.2, 0.25) is 5.95 Å². The second kappa shape index (κ2) is 8.35. The molecule has 2 N–H and O–H groups in total. The van der Waals surface area contributed by atoms with Gasteiger partial charge in [0, 0.05) is 31.7 Å². The number of aromatic amines is 1. The molecule has 2 aromatic rings. The summed E-state index contributed by atoms with van der Waals surface area (Å²) >= 11 is 5.94. The van der Waals surface area contributed by atoms with Gasteiger partial charge >= 0.3 is 5.69 Å². The summed E-state index contributed by atoms with van der Waals surface area (Å²) in [5, 5.41) is 3.89. The van der Waals surface area contributed by atoms with Crippen LogP contribution >= 0.6 is 11.6 Å². The quantitative estimate of drug-likeness (QED) is 0.733. The van der Waals surface area contributed by atoms with Crippen LogP contribution in [-0.2, 0) is 13.6 Å². The number of aryl methyl sites for hydroxylation is 1. The maximum atomic E-state index is 12.3. The molecule has 8 nitrogen and oxygen atoms in total. The fourth-order valence-corrected chi connectivity index (χ4v) is 2.70. The summed E-state index contributed by atoms with van der Waals surface area (Å²) in [6, 6.07) is 0. The SMILES string of the molecule is CCN(CC)CCNc1nc2c(c(=O)[nH]c(=O)n2C)n1C/C=C(/C)Cl. The number of nitrogens with one attached hydrogen (secondary N) is 2. The number of H-pyrrole nitrogens is 1. The molecule has 2 heterocycles. The van der Waals surface area contributed by atoms with E-state index in [0.717, 1.165) is 19.6 Å². The van der Waals surface area contributed by atoms with E-state index in [1.165, 1.54) is 4.57 Å². The third-order valence-electron chi connectivity index (χ3n) is 4.17. The lowest BCUT2D eigenvalue weighted by molar-refractivity contribution is 0.315. The fraction of sp³-hybridized carbons (Fsp3) is 0.562. The number of hydrogen-bond donors (Lipinski definition) is 2. The normalized spacial score (nSPS) is 12.3. The van der Waals surface area contributed by atoms with Gasteiger partial charge in [-0.05, 0) is 20.0 Å². The monoisotopic (exact) mass is 368 g/mol. The van der Waals surface area contributed by atoms with Crippen LogP contribution in [-0.4, -0.2) is 50.2 Å². The second-order valence-corrected chi connectivity index (χ2v) is 6.38. The zero-order chi connectivity index (χ0) is 18.6. The molecular weight excluding hydrogens is 344 g/mol. The molecular formula is C16H25ClN6O2. The van der Waals surface area contributed by atoms with Crippen molar-refractivity contribution in [1.82, 2.24) is 24.0 Å². The Morgan fingerprint density at radius 2 is 2.04 bits per heavy atom. The van der Waals surface area contributed by atoms with Crippen LogP contribution in [0, 0.1) is 0 Å². The first-order chi connectivity index (χ1) is 11.9. The number of likely N-dealkylation sites (N-methyl/N-ethyl adjacent to an activating group) is 1. The standard InChI is InChI=1S/C16H25ClN6O2/c1-5-22(6-2)10-8-18-15-19-13-12(23(15)9-7-11(3)17)14(24)20-16(25)21(13)4/h7H,5-6,8-10H2,1-4H3,(H,18,19)(H,20,24,25)/b11-7-. The van der Waals surface area contributed by atoms with E-state index in [2.05, 4.69) is 34.0 Å². The molecule has 0 aliphatic carbocycles. The Labute approximate surface area is 151 Å². The molecule has 0 bridgehead atoms. The molecule has 2 aromatic heterocycles. The van der Waals surface area contributed by atoms with E-state index in [1.807, 2.05) is 0 Å². The van der Waals surface area contributed by atoms with Gasteiger partial charge in [-0.2, -0.15) is 4.98 Å². The first-order valence-electron chi connectivity index (χ1n) is 8.37. The highest BCUT2D eigenvalue weighted by Crippen LogP contribution is 2.16. The van der Waals surface area contributed by atoms with E-state index in [4.69, 9.17) is 11.6 Å². The zero-order valence-electron chi connectivity index (χ0n) is 15.1. The molecule has 0 amide bonds. The van der Waals surface area contributed by atoms with E-state index >= 15 is 0 Å². The van der Waals surface area contributed by atoms with E-state index < -0.39 is 11.2 Å². The van der Waals surface area contributed by atoms with Crippen molar-refractivity contribution >= 4 is 28.7 Å². The van der Waals surface area contributed by atoms with Gasteiger partial charge in [0.1, 0.15) is 0 Å². The molecule has 9 heteroatoms.